The van der Waals surface area contributed by atoms with Gasteiger partial charge in [0.05, 0.1) is 0 Å². The first kappa shape index (κ1) is 10.7. The van der Waals surface area contributed by atoms with Crippen molar-refractivity contribution in [1.29, 1.82) is 0 Å². The van der Waals surface area contributed by atoms with E-state index in [0.717, 1.165) is 43.0 Å². The van der Waals surface area contributed by atoms with Crippen LogP contribution in [-0.4, -0.2) is 18.6 Å². The monoisotopic (exact) mass is 232 g/mol. The largest absolute Gasteiger partial charge is 0.438 e. The summed E-state index contributed by atoms with van der Waals surface area (Å²) in [5.41, 5.74) is 2.97. The van der Waals surface area contributed by atoms with E-state index in [1.165, 1.54) is 5.56 Å². The van der Waals surface area contributed by atoms with Gasteiger partial charge in [-0.2, -0.15) is 0 Å². The highest BCUT2D eigenvalue weighted by Gasteiger charge is 2.23. The van der Waals surface area contributed by atoms with Gasteiger partial charge in [-0.05, 0) is 37.6 Å². The summed E-state index contributed by atoms with van der Waals surface area (Å²) in [6.45, 7) is 1.65. The summed E-state index contributed by atoms with van der Waals surface area (Å²) in [5.74, 6) is 0.721. The molecule has 0 saturated carbocycles. The normalized spacial score (nSPS) is 20.2. The molecule has 1 N–H and O–H groups in total. The van der Waals surface area contributed by atoms with Crippen LogP contribution < -0.4 is 5.32 Å². The van der Waals surface area contributed by atoms with Crippen LogP contribution in [0.4, 0.5) is 0 Å². The van der Waals surface area contributed by atoms with Crippen molar-refractivity contribution in [3.05, 3.63) is 29.7 Å². The Hall–Kier alpha value is -1.39. The highest BCUT2D eigenvalue weighted by molar-refractivity contribution is 5.73. The molecule has 1 aliphatic heterocycles. The Morgan fingerprint density at radius 1 is 1.47 bits per heavy atom. The quantitative estimate of drug-likeness (QED) is 0.882. The second kappa shape index (κ2) is 4.47. The van der Waals surface area contributed by atoms with Gasteiger partial charge in [-0.3, -0.25) is 0 Å². The lowest BCUT2D eigenvalue weighted by molar-refractivity contribution is 0.0907. The van der Waals surface area contributed by atoms with Crippen molar-refractivity contribution in [2.24, 2.45) is 0 Å². The highest BCUT2D eigenvalue weighted by atomic mass is 16.5. The number of ether oxygens (including phenoxy) is 1. The third kappa shape index (κ3) is 2.06. The Balaban J connectivity index is 1.94. The molecule has 2 aromatic rings. The molecule has 1 atom stereocenters. The zero-order valence-electron chi connectivity index (χ0n) is 9.90. The van der Waals surface area contributed by atoms with E-state index in [4.69, 9.17) is 9.15 Å². The second-order valence-corrected chi connectivity index (χ2v) is 4.39. The molecule has 4 nitrogen and oxygen atoms in total. The van der Waals surface area contributed by atoms with Gasteiger partial charge in [0.25, 0.3) is 0 Å². The molecule has 0 aliphatic carbocycles. The van der Waals surface area contributed by atoms with Crippen molar-refractivity contribution < 1.29 is 9.15 Å². The van der Waals surface area contributed by atoms with E-state index in [9.17, 15) is 0 Å². The van der Waals surface area contributed by atoms with Crippen LogP contribution in [0.2, 0.25) is 0 Å². The maximum atomic E-state index is 5.78. The molecule has 3 rings (SSSR count). The molecule has 0 amide bonds. The van der Waals surface area contributed by atoms with E-state index in [-0.39, 0.29) is 6.10 Å². The summed E-state index contributed by atoms with van der Waals surface area (Å²) in [7, 11) is 1.93. The van der Waals surface area contributed by atoms with Gasteiger partial charge in [0.15, 0.2) is 5.58 Å². The summed E-state index contributed by atoms with van der Waals surface area (Å²) < 4.78 is 11.4. The fourth-order valence-electron chi connectivity index (χ4n) is 2.21. The number of benzene rings is 1. The van der Waals surface area contributed by atoms with E-state index >= 15 is 0 Å². The number of hydrogen-bond acceptors (Lipinski definition) is 4. The fraction of sp³-hybridized carbons (Fsp3) is 0.462. The molecule has 0 radical (unpaired) electrons. The number of rotatable bonds is 3. The van der Waals surface area contributed by atoms with Crippen molar-refractivity contribution in [1.82, 2.24) is 10.3 Å². The highest BCUT2D eigenvalue weighted by Crippen LogP contribution is 2.30. The number of nitrogens with zero attached hydrogens (tertiary/aromatic N) is 1. The van der Waals surface area contributed by atoms with Crippen LogP contribution in [0.5, 0.6) is 0 Å². The molecule has 90 valence electrons. The molecule has 0 spiro atoms. The first-order chi connectivity index (χ1) is 8.36. The number of oxazole rings is 1. The predicted octanol–water partition coefficient (Wildman–Crippen LogP) is 2.40. The zero-order valence-corrected chi connectivity index (χ0v) is 9.90. The maximum absolute atomic E-state index is 5.78. The Morgan fingerprint density at radius 3 is 3.18 bits per heavy atom. The molecule has 4 heteroatoms. The minimum Gasteiger partial charge on any atom is -0.438 e. The number of aromatic nitrogens is 1. The average Bonchev–Trinajstić information content (AvgIpc) is 2.97. The Kier molecular flexibility index (Phi) is 2.82. The zero-order chi connectivity index (χ0) is 11.7. The molecular weight excluding hydrogens is 216 g/mol. The van der Waals surface area contributed by atoms with Gasteiger partial charge in [-0.1, -0.05) is 6.07 Å². The van der Waals surface area contributed by atoms with Gasteiger partial charge in [0.1, 0.15) is 11.6 Å². The molecule has 17 heavy (non-hydrogen) atoms. The summed E-state index contributed by atoms with van der Waals surface area (Å²) >= 11 is 0. The Labute approximate surface area is 100.0 Å². The van der Waals surface area contributed by atoms with Crippen LogP contribution in [0, 0.1) is 0 Å². The topological polar surface area (TPSA) is 47.3 Å². The fourth-order valence-corrected chi connectivity index (χ4v) is 2.21. The van der Waals surface area contributed by atoms with Crippen LogP contribution in [0.3, 0.4) is 0 Å². The summed E-state index contributed by atoms with van der Waals surface area (Å²) in [6, 6.07) is 6.11. The van der Waals surface area contributed by atoms with Crippen LogP contribution in [0.15, 0.2) is 22.6 Å². The van der Waals surface area contributed by atoms with E-state index in [1.807, 2.05) is 19.2 Å². The number of fused-ring (bicyclic) bond motifs is 1. The van der Waals surface area contributed by atoms with E-state index in [1.54, 1.807) is 0 Å². The van der Waals surface area contributed by atoms with Gasteiger partial charge in [-0.25, -0.2) is 4.98 Å². The molecule has 1 aliphatic rings. The lowest BCUT2D eigenvalue weighted by Gasteiger charge is -2.01. The number of hydrogen-bond donors (Lipinski definition) is 1. The summed E-state index contributed by atoms with van der Waals surface area (Å²) in [5, 5.41) is 3.12. The van der Waals surface area contributed by atoms with E-state index in [0.29, 0.717) is 0 Å². The van der Waals surface area contributed by atoms with Crippen molar-refractivity contribution in [3.8, 4) is 0 Å². The SMILES string of the molecule is CNCc1ccc2nc(C3CCCO3)oc2c1. The standard InChI is InChI=1S/C13H16N2O2/c1-14-8-9-4-5-10-12(7-9)17-13(15-10)11-3-2-6-16-11/h4-5,7,11,14H,2-3,6,8H2,1H3. The molecule has 1 fully saturated rings. The van der Waals surface area contributed by atoms with Crippen molar-refractivity contribution in [2.75, 3.05) is 13.7 Å². The molecule has 0 bridgehead atoms. The lowest BCUT2D eigenvalue weighted by atomic mass is 10.2. The van der Waals surface area contributed by atoms with Gasteiger partial charge >= 0.3 is 0 Å². The molecular formula is C13H16N2O2. The summed E-state index contributed by atoms with van der Waals surface area (Å²) in [6.07, 6.45) is 2.15. The summed E-state index contributed by atoms with van der Waals surface area (Å²) in [4.78, 5) is 4.48. The minimum atomic E-state index is 0.0511. The molecule has 1 saturated heterocycles. The number of nitrogens with one attached hydrogen (secondary N) is 1. The Morgan fingerprint density at radius 2 is 2.41 bits per heavy atom. The lowest BCUT2D eigenvalue weighted by Crippen LogP contribution is -2.04. The molecule has 1 aromatic heterocycles. The first-order valence-corrected chi connectivity index (χ1v) is 6.02. The van der Waals surface area contributed by atoms with E-state index in [2.05, 4.69) is 16.4 Å². The second-order valence-electron chi connectivity index (χ2n) is 4.39. The van der Waals surface area contributed by atoms with Crippen LogP contribution >= 0.6 is 0 Å². The smallest absolute Gasteiger partial charge is 0.224 e. The van der Waals surface area contributed by atoms with Crippen molar-refractivity contribution in [3.63, 3.8) is 0 Å². The third-order valence-electron chi connectivity index (χ3n) is 3.06. The van der Waals surface area contributed by atoms with Gasteiger partial charge in [0.2, 0.25) is 5.89 Å². The van der Waals surface area contributed by atoms with Crippen LogP contribution in [0.1, 0.15) is 30.4 Å². The molecule has 1 unspecified atom stereocenters. The average molecular weight is 232 g/mol. The molecule has 2 heterocycles. The first-order valence-electron chi connectivity index (χ1n) is 6.02. The molecule has 1 aromatic carbocycles. The van der Waals surface area contributed by atoms with Gasteiger partial charge in [-0.15, -0.1) is 0 Å². The van der Waals surface area contributed by atoms with Crippen LogP contribution in [0.25, 0.3) is 11.1 Å². The van der Waals surface area contributed by atoms with Crippen molar-refractivity contribution >= 4 is 11.1 Å². The third-order valence-corrected chi connectivity index (χ3v) is 3.06. The van der Waals surface area contributed by atoms with Gasteiger partial charge < -0.3 is 14.5 Å². The van der Waals surface area contributed by atoms with Crippen molar-refractivity contribution in [2.45, 2.75) is 25.5 Å². The van der Waals surface area contributed by atoms with Crippen LogP contribution in [-0.2, 0) is 11.3 Å². The maximum Gasteiger partial charge on any atom is 0.224 e. The van der Waals surface area contributed by atoms with E-state index < -0.39 is 0 Å². The minimum absolute atomic E-state index is 0.0511. The Bertz CT molecular complexity index is 515. The van der Waals surface area contributed by atoms with Gasteiger partial charge in [0, 0.05) is 13.2 Å². The predicted molar refractivity (Wildman–Crippen MR) is 64.7 cm³/mol.